The third-order valence-corrected chi connectivity index (χ3v) is 1.64. The van der Waals surface area contributed by atoms with Crippen molar-refractivity contribution in [3.05, 3.63) is 0 Å². The quantitative estimate of drug-likeness (QED) is 0.598. The predicted molar refractivity (Wildman–Crippen MR) is 46.4 cm³/mol. The first-order valence-corrected chi connectivity index (χ1v) is 4.03. The smallest absolute Gasteiger partial charge is 0.152 e. The normalized spacial score (nSPS) is 13.5. The number of nitrogens with one attached hydrogen (secondary N) is 1. The fourth-order valence-electron chi connectivity index (χ4n) is 0.870. The van der Waals surface area contributed by atoms with Crippen LogP contribution in [0.5, 0.6) is 0 Å². The van der Waals surface area contributed by atoms with E-state index in [-0.39, 0.29) is 17.7 Å². The van der Waals surface area contributed by atoms with Crippen LogP contribution in [0, 0.1) is 5.92 Å². The molecule has 66 valence electrons. The zero-order valence-electron chi connectivity index (χ0n) is 7.55. The Morgan fingerprint density at radius 2 is 2.09 bits per heavy atom. The minimum atomic E-state index is -0.289. The summed E-state index contributed by atoms with van der Waals surface area (Å²) in [6.45, 7) is 4.56. The van der Waals surface area contributed by atoms with E-state index in [0.29, 0.717) is 0 Å². The second kappa shape index (κ2) is 5.27. The van der Waals surface area contributed by atoms with Crippen LogP contribution >= 0.6 is 0 Å². The Morgan fingerprint density at radius 1 is 1.55 bits per heavy atom. The standard InChI is InChI=1S/C8H18N2O/c1-6(2)8(11)7(9)4-5-10-3/h6-7,10H,4-5,9H2,1-3H3. The van der Waals surface area contributed by atoms with Crippen LogP contribution in [0.3, 0.4) is 0 Å². The van der Waals surface area contributed by atoms with Crippen LogP contribution in [0.15, 0.2) is 0 Å². The molecule has 0 spiro atoms. The van der Waals surface area contributed by atoms with Crippen LogP contribution in [0.4, 0.5) is 0 Å². The lowest BCUT2D eigenvalue weighted by molar-refractivity contribution is -0.123. The number of Topliss-reactive ketones (excluding diaryl/α,β-unsaturated/α-hetero) is 1. The van der Waals surface area contributed by atoms with E-state index in [0.717, 1.165) is 13.0 Å². The lowest BCUT2D eigenvalue weighted by atomic mass is 10.0. The number of hydrogen-bond donors (Lipinski definition) is 2. The van der Waals surface area contributed by atoms with E-state index < -0.39 is 0 Å². The number of rotatable bonds is 5. The Kier molecular flexibility index (Phi) is 5.07. The van der Waals surface area contributed by atoms with Crippen molar-refractivity contribution in [1.82, 2.24) is 5.32 Å². The molecule has 3 nitrogen and oxygen atoms in total. The van der Waals surface area contributed by atoms with Gasteiger partial charge in [0.1, 0.15) is 0 Å². The monoisotopic (exact) mass is 158 g/mol. The summed E-state index contributed by atoms with van der Waals surface area (Å²) < 4.78 is 0. The third kappa shape index (κ3) is 4.11. The van der Waals surface area contributed by atoms with Crippen molar-refractivity contribution in [2.24, 2.45) is 11.7 Å². The van der Waals surface area contributed by atoms with Crippen molar-refractivity contribution in [2.45, 2.75) is 26.3 Å². The first-order valence-electron chi connectivity index (χ1n) is 4.03. The molecule has 1 unspecified atom stereocenters. The van der Waals surface area contributed by atoms with Gasteiger partial charge >= 0.3 is 0 Å². The summed E-state index contributed by atoms with van der Waals surface area (Å²) >= 11 is 0. The molecule has 0 radical (unpaired) electrons. The highest BCUT2D eigenvalue weighted by Crippen LogP contribution is 1.99. The Bertz CT molecular complexity index is 123. The van der Waals surface area contributed by atoms with Gasteiger partial charge in [-0.25, -0.2) is 0 Å². The van der Waals surface area contributed by atoms with Gasteiger partial charge in [-0.15, -0.1) is 0 Å². The Balaban J connectivity index is 3.64. The highest BCUT2D eigenvalue weighted by molar-refractivity contribution is 5.85. The van der Waals surface area contributed by atoms with E-state index in [1.165, 1.54) is 0 Å². The number of ketones is 1. The maximum absolute atomic E-state index is 11.2. The Labute approximate surface area is 68.3 Å². The van der Waals surface area contributed by atoms with Gasteiger partial charge in [-0.3, -0.25) is 4.79 Å². The van der Waals surface area contributed by atoms with Crippen LogP contribution in [0.25, 0.3) is 0 Å². The molecule has 0 aromatic rings. The summed E-state index contributed by atoms with van der Waals surface area (Å²) in [4.78, 5) is 11.2. The molecule has 0 saturated heterocycles. The number of nitrogens with two attached hydrogens (primary N) is 1. The summed E-state index contributed by atoms with van der Waals surface area (Å²) in [5.41, 5.74) is 5.61. The summed E-state index contributed by atoms with van der Waals surface area (Å²) in [5.74, 6) is 0.210. The molecule has 11 heavy (non-hydrogen) atoms. The molecule has 0 aromatic carbocycles. The van der Waals surface area contributed by atoms with Crippen LogP contribution < -0.4 is 11.1 Å². The van der Waals surface area contributed by atoms with E-state index in [4.69, 9.17) is 5.73 Å². The van der Waals surface area contributed by atoms with Crippen molar-refractivity contribution in [1.29, 1.82) is 0 Å². The second-order valence-corrected chi connectivity index (χ2v) is 3.06. The summed E-state index contributed by atoms with van der Waals surface area (Å²) in [7, 11) is 1.85. The minimum Gasteiger partial charge on any atom is -0.321 e. The van der Waals surface area contributed by atoms with Gasteiger partial charge < -0.3 is 11.1 Å². The van der Waals surface area contributed by atoms with Gasteiger partial charge in [0.2, 0.25) is 0 Å². The molecule has 0 amide bonds. The molecule has 0 rings (SSSR count). The van der Waals surface area contributed by atoms with Gasteiger partial charge in [0.15, 0.2) is 5.78 Å². The molecule has 0 bridgehead atoms. The average molecular weight is 158 g/mol. The van der Waals surface area contributed by atoms with E-state index in [9.17, 15) is 4.79 Å². The molecule has 3 heteroatoms. The molecular formula is C8H18N2O. The molecule has 1 atom stereocenters. The van der Waals surface area contributed by atoms with Crippen molar-refractivity contribution in [3.8, 4) is 0 Å². The molecule has 0 aromatic heterocycles. The van der Waals surface area contributed by atoms with Gasteiger partial charge in [-0.05, 0) is 20.0 Å². The highest BCUT2D eigenvalue weighted by Gasteiger charge is 2.15. The molecule has 0 aliphatic carbocycles. The number of carbonyl (C=O) groups is 1. The molecular weight excluding hydrogens is 140 g/mol. The minimum absolute atomic E-state index is 0.0573. The fourth-order valence-corrected chi connectivity index (χ4v) is 0.870. The highest BCUT2D eigenvalue weighted by atomic mass is 16.1. The van der Waals surface area contributed by atoms with Gasteiger partial charge in [-0.1, -0.05) is 13.8 Å². The maximum atomic E-state index is 11.2. The van der Waals surface area contributed by atoms with Gasteiger partial charge in [0.25, 0.3) is 0 Å². The number of carbonyl (C=O) groups excluding carboxylic acids is 1. The van der Waals surface area contributed by atoms with E-state index >= 15 is 0 Å². The largest absolute Gasteiger partial charge is 0.321 e. The second-order valence-electron chi connectivity index (χ2n) is 3.06. The third-order valence-electron chi connectivity index (χ3n) is 1.64. The zero-order chi connectivity index (χ0) is 8.85. The first-order chi connectivity index (χ1) is 5.09. The molecule has 0 fully saturated rings. The average Bonchev–Trinajstić information content (AvgIpc) is 1.98. The van der Waals surface area contributed by atoms with E-state index in [2.05, 4.69) is 5.32 Å². The molecule has 0 saturated carbocycles. The Hall–Kier alpha value is -0.410. The van der Waals surface area contributed by atoms with Crippen molar-refractivity contribution >= 4 is 5.78 Å². The SMILES string of the molecule is CNCCC(N)C(=O)C(C)C. The fraction of sp³-hybridized carbons (Fsp3) is 0.875. The first kappa shape index (κ1) is 10.6. The van der Waals surface area contributed by atoms with Gasteiger partial charge in [-0.2, -0.15) is 0 Å². The summed E-state index contributed by atoms with van der Waals surface area (Å²) in [6, 6.07) is -0.289. The maximum Gasteiger partial charge on any atom is 0.152 e. The molecule has 0 aliphatic rings. The molecule has 3 N–H and O–H groups in total. The molecule has 0 heterocycles. The van der Waals surface area contributed by atoms with Crippen LogP contribution in [-0.2, 0) is 4.79 Å². The van der Waals surface area contributed by atoms with Crippen molar-refractivity contribution in [3.63, 3.8) is 0 Å². The lowest BCUT2D eigenvalue weighted by Crippen LogP contribution is -2.36. The topological polar surface area (TPSA) is 55.1 Å². The van der Waals surface area contributed by atoms with Gasteiger partial charge in [0.05, 0.1) is 6.04 Å². The van der Waals surface area contributed by atoms with Gasteiger partial charge in [0, 0.05) is 5.92 Å². The van der Waals surface area contributed by atoms with Crippen LogP contribution in [0.2, 0.25) is 0 Å². The zero-order valence-corrected chi connectivity index (χ0v) is 7.55. The predicted octanol–water partition coefficient (Wildman–Crippen LogP) is 0.148. The number of hydrogen-bond acceptors (Lipinski definition) is 3. The van der Waals surface area contributed by atoms with Crippen molar-refractivity contribution < 1.29 is 4.79 Å². The van der Waals surface area contributed by atoms with E-state index in [1.54, 1.807) is 0 Å². The summed E-state index contributed by atoms with van der Waals surface area (Å²) in [5, 5.41) is 2.96. The van der Waals surface area contributed by atoms with Crippen molar-refractivity contribution in [2.75, 3.05) is 13.6 Å². The molecule has 0 aliphatic heterocycles. The van der Waals surface area contributed by atoms with Crippen LogP contribution in [0.1, 0.15) is 20.3 Å². The van der Waals surface area contributed by atoms with E-state index in [1.807, 2.05) is 20.9 Å². The summed E-state index contributed by atoms with van der Waals surface area (Å²) in [6.07, 6.45) is 0.730. The lowest BCUT2D eigenvalue weighted by Gasteiger charge is -2.11. The Morgan fingerprint density at radius 3 is 2.45 bits per heavy atom. The van der Waals surface area contributed by atoms with Crippen LogP contribution in [-0.4, -0.2) is 25.4 Å².